The van der Waals surface area contributed by atoms with E-state index in [0.717, 1.165) is 6.54 Å². The molecule has 0 aromatic rings. The molecule has 0 aromatic carbocycles. The highest BCUT2D eigenvalue weighted by Gasteiger charge is 2.20. The molecule has 0 spiro atoms. The molecule has 0 unspecified atom stereocenters. The van der Waals surface area contributed by atoms with Gasteiger partial charge in [0.1, 0.15) is 0 Å². The average Bonchev–Trinajstić information content (AvgIpc) is 1.98. The molecule has 0 bridgehead atoms. The lowest BCUT2D eigenvalue weighted by Gasteiger charge is -2.26. The number of carbonyl (C=O) groups is 1. The van der Waals surface area contributed by atoms with E-state index in [1.54, 1.807) is 0 Å². The van der Waals surface area contributed by atoms with Crippen LogP contribution in [-0.2, 0) is 4.79 Å². The van der Waals surface area contributed by atoms with Crippen LogP contribution in [0, 0.1) is 23.2 Å². The van der Waals surface area contributed by atoms with Gasteiger partial charge < -0.3 is 5.32 Å². The van der Waals surface area contributed by atoms with E-state index in [9.17, 15) is 4.79 Å². The zero-order chi connectivity index (χ0) is 12.9. The Bertz CT molecular complexity index is 205. The fourth-order valence-electron chi connectivity index (χ4n) is 2.02. The molecular weight excluding hydrogens is 198 g/mol. The van der Waals surface area contributed by atoms with Crippen LogP contribution in [0.25, 0.3) is 0 Å². The van der Waals surface area contributed by atoms with Gasteiger partial charge in [0.25, 0.3) is 0 Å². The van der Waals surface area contributed by atoms with Gasteiger partial charge in [-0.15, -0.1) is 0 Å². The molecule has 0 aliphatic heterocycles. The van der Waals surface area contributed by atoms with E-state index in [4.69, 9.17) is 0 Å². The Labute approximate surface area is 101 Å². The second-order valence-corrected chi connectivity index (χ2v) is 6.69. The molecule has 0 radical (unpaired) electrons. The molecule has 0 aromatic heterocycles. The maximum Gasteiger partial charge on any atom is 0.220 e. The first-order valence-corrected chi connectivity index (χ1v) is 6.40. The Balaban J connectivity index is 4.07. The fourth-order valence-corrected chi connectivity index (χ4v) is 2.02. The lowest BCUT2D eigenvalue weighted by molar-refractivity contribution is -0.123. The van der Waals surface area contributed by atoms with Gasteiger partial charge >= 0.3 is 0 Å². The van der Waals surface area contributed by atoms with Crippen LogP contribution in [0.15, 0.2) is 0 Å². The van der Waals surface area contributed by atoms with Crippen LogP contribution >= 0.6 is 0 Å². The maximum absolute atomic E-state index is 11.7. The van der Waals surface area contributed by atoms with Gasteiger partial charge in [0.05, 0.1) is 0 Å². The van der Waals surface area contributed by atoms with Crippen LogP contribution in [0.1, 0.15) is 54.9 Å². The molecule has 0 heterocycles. The van der Waals surface area contributed by atoms with Gasteiger partial charge in [0.15, 0.2) is 0 Å². The highest BCUT2D eigenvalue weighted by atomic mass is 16.1. The normalized spacial score (nSPS) is 12.6. The predicted molar refractivity (Wildman–Crippen MR) is 70.2 cm³/mol. The third-order valence-electron chi connectivity index (χ3n) is 2.94. The molecule has 96 valence electrons. The highest BCUT2D eigenvalue weighted by Crippen LogP contribution is 2.21. The Morgan fingerprint density at radius 1 is 1.06 bits per heavy atom. The number of rotatable bonds is 5. The topological polar surface area (TPSA) is 29.1 Å². The van der Waals surface area contributed by atoms with Gasteiger partial charge in [0.2, 0.25) is 5.91 Å². The molecule has 0 rings (SSSR count). The maximum atomic E-state index is 11.7. The quantitative estimate of drug-likeness (QED) is 0.765. The number of hydrogen-bond acceptors (Lipinski definition) is 1. The molecule has 1 N–H and O–H groups in total. The van der Waals surface area contributed by atoms with Crippen LogP contribution in [0.4, 0.5) is 0 Å². The van der Waals surface area contributed by atoms with Gasteiger partial charge in [-0.3, -0.25) is 4.79 Å². The van der Waals surface area contributed by atoms with Crippen molar-refractivity contribution >= 4 is 5.91 Å². The molecule has 0 aliphatic carbocycles. The first-order chi connectivity index (χ1) is 7.13. The summed E-state index contributed by atoms with van der Waals surface area (Å²) in [5, 5.41) is 3.06. The second kappa shape index (κ2) is 6.27. The van der Waals surface area contributed by atoms with Crippen molar-refractivity contribution in [2.45, 2.75) is 54.9 Å². The number of carbonyl (C=O) groups excluding carboxylic acids is 1. The van der Waals surface area contributed by atoms with Crippen LogP contribution < -0.4 is 5.32 Å². The van der Waals surface area contributed by atoms with E-state index < -0.39 is 0 Å². The van der Waals surface area contributed by atoms with Crippen molar-refractivity contribution in [3.8, 4) is 0 Å². The van der Waals surface area contributed by atoms with Crippen molar-refractivity contribution in [2.24, 2.45) is 23.2 Å². The number of amides is 1. The van der Waals surface area contributed by atoms with Crippen LogP contribution in [0.3, 0.4) is 0 Å². The Morgan fingerprint density at radius 2 is 1.50 bits per heavy atom. The SMILES string of the molecule is CC(C)C(CNC(=O)CC(C)(C)C)C(C)C. The zero-order valence-electron chi connectivity index (χ0n) is 12.1. The van der Waals surface area contributed by atoms with Crippen molar-refractivity contribution < 1.29 is 4.79 Å². The minimum Gasteiger partial charge on any atom is -0.356 e. The predicted octanol–water partition coefficient (Wildman–Crippen LogP) is 3.47. The first-order valence-electron chi connectivity index (χ1n) is 6.40. The van der Waals surface area contributed by atoms with E-state index in [-0.39, 0.29) is 11.3 Å². The van der Waals surface area contributed by atoms with E-state index in [1.807, 2.05) is 0 Å². The van der Waals surface area contributed by atoms with E-state index in [2.05, 4.69) is 53.8 Å². The number of nitrogens with one attached hydrogen (secondary N) is 1. The molecule has 1 amide bonds. The van der Waals surface area contributed by atoms with Crippen LogP contribution in [-0.4, -0.2) is 12.5 Å². The van der Waals surface area contributed by atoms with Gasteiger partial charge in [-0.05, 0) is 23.2 Å². The summed E-state index contributed by atoms with van der Waals surface area (Å²) < 4.78 is 0. The summed E-state index contributed by atoms with van der Waals surface area (Å²) in [5.74, 6) is 1.99. The van der Waals surface area contributed by atoms with Gasteiger partial charge in [-0.1, -0.05) is 48.5 Å². The minimum atomic E-state index is 0.0786. The fraction of sp³-hybridized carbons (Fsp3) is 0.929. The zero-order valence-corrected chi connectivity index (χ0v) is 12.1. The Morgan fingerprint density at radius 3 is 1.81 bits per heavy atom. The van der Waals surface area contributed by atoms with E-state index >= 15 is 0 Å². The molecule has 2 nitrogen and oxygen atoms in total. The molecule has 0 atom stereocenters. The van der Waals surface area contributed by atoms with Crippen molar-refractivity contribution in [1.29, 1.82) is 0 Å². The smallest absolute Gasteiger partial charge is 0.220 e. The minimum absolute atomic E-state index is 0.0786. The molecule has 0 aliphatic rings. The van der Waals surface area contributed by atoms with E-state index in [1.165, 1.54) is 0 Å². The summed E-state index contributed by atoms with van der Waals surface area (Å²) in [6.07, 6.45) is 0.607. The lowest BCUT2D eigenvalue weighted by Crippen LogP contribution is -2.35. The average molecular weight is 227 g/mol. The van der Waals surface area contributed by atoms with Crippen molar-refractivity contribution in [1.82, 2.24) is 5.32 Å². The van der Waals surface area contributed by atoms with Crippen molar-refractivity contribution in [3.63, 3.8) is 0 Å². The summed E-state index contributed by atoms with van der Waals surface area (Å²) in [6.45, 7) is 16.0. The second-order valence-electron chi connectivity index (χ2n) is 6.69. The third kappa shape index (κ3) is 6.86. The third-order valence-corrected chi connectivity index (χ3v) is 2.94. The monoisotopic (exact) mass is 227 g/mol. The molecule has 2 heteroatoms. The standard InChI is InChI=1S/C14H29NO/c1-10(2)12(11(3)4)9-15-13(16)8-14(5,6)7/h10-12H,8-9H2,1-7H3,(H,15,16). The van der Waals surface area contributed by atoms with Crippen molar-refractivity contribution in [2.75, 3.05) is 6.54 Å². The van der Waals surface area contributed by atoms with E-state index in [0.29, 0.717) is 24.2 Å². The summed E-state index contributed by atoms with van der Waals surface area (Å²) in [6, 6.07) is 0. The first kappa shape index (κ1) is 15.5. The number of hydrogen-bond donors (Lipinski definition) is 1. The van der Waals surface area contributed by atoms with Crippen LogP contribution in [0.5, 0.6) is 0 Å². The summed E-state index contributed by atoms with van der Waals surface area (Å²) in [4.78, 5) is 11.7. The Kier molecular flexibility index (Phi) is 6.06. The lowest BCUT2D eigenvalue weighted by atomic mass is 9.85. The molecule has 0 fully saturated rings. The molecule has 16 heavy (non-hydrogen) atoms. The summed E-state index contributed by atoms with van der Waals surface area (Å²) >= 11 is 0. The summed E-state index contributed by atoms with van der Waals surface area (Å²) in [7, 11) is 0. The Hall–Kier alpha value is -0.530. The largest absolute Gasteiger partial charge is 0.356 e. The summed E-state index contributed by atoms with van der Waals surface area (Å²) in [5.41, 5.74) is 0.0786. The van der Waals surface area contributed by atoms with Gasteiger partial charge in [-0.25, -0.2) is 0 Å². The van der Waals surface area contributed by atoms with Gasteiger partial charge in [0, 0.05) is 13.0 Å². The van der Waals surface area contributed by atoms with Gasteiger partial charge in [-0.2, -0.15) is 0 Å². The van der Waals surface area contributed by atoms with Crippen molar-refractivity contribution in [3.05, 3.63) is 0 Å². The van der Waals surface area contributed by atoms with Crippen LogP contribution in [0.2, 0.25) is 0 Å². The molecule has 0 saturated carbocycles. The highest BCUT2D eigenvalue weighted by molar-refractivity contribution is 5.76. The molecule has 0 saturated heterocycles. The molecular formula is C14H29NO.